The summed E-state index contributed by atoms with van der Waals surface area (Å²) in [6.07, 6.45) is 4.64. The quantitative estimate of drug-likeness (QED) is 0.913. The van der Waals surface area contributed by atoms with Crippen LogP contribution in [0.4, 0.5) is 5.82 Å². The number of pyridine rings is 1. The highest BCUT2D eigenvalue weighted by molar-refractivity contribution is 5.91. The molecule has 1 saturated heterocycles. The Morgan fingerprint density at radius 1 is 1.25 bits per heavy atom. The number of anilines is 1. The fraction of sp³-hybridized carbons (Fsp3) is 0.667. The Kier molecular flexibility index (Phi) is 5.23. The fourth-order valence-electron chi connectivity index (χ4n) is 3.80. The number of hydrogen-bond acceptors (Lipinski definition) is 5. The first-order valence-corrected chi connectivity index (χ1v) is 8.75. The van der Waals surface area contributed by atoms with E-state index in [1.54, 1.807) is 6.07 Å². The molecule has 1 aromatic heterocycles. The molecule has 1 saturated carbocycles. The van der Waals surface area contributed by atoms with Gasteiger partial charge < -0.3 is 19.5 Å². The fourth-order valence-corrected chi connectivity index (χ4v) is 3.80. The standard InChI is InChI=1S/C18H26N2O4/c1-12-7-13(2)9-14(8-12)24-16-10-17(19-11-15(16)18(21)22)20-3-5-23-6-4-20/h10-14H,3-9H2,1-2H3,(H,21,22). The Hall–Kier alpha value is -1.82. The molecule has 0 spiro atoms. The van der Waals surface area contributed by atoms with Gasteiger partial charge in [0.15, 0.2) is 0 Å². The van der Waals surface area contributed by atoms with E-state index in [1.807, 2.05) is 0 Å². The van der Waals surface area contributed by atoms with Crippen LogP contribution in [0.3, 0.4) is 0 Å². The summed E-state index contributed by atoms with van der Waals surface area (Å²) in [6, 6.07) is 1.78. The Morgan fingerprint density at radius 3 is 2.54 bits per heavy atom. The van der Waals surface area contributed by atoms with E-state index in [1.165, 1.54) is 12.6 Å². The lowest BCUT2D eigenvalue weighted by atomic mass is 9.82. The third-order valence-electron chi connectivity index (χ3n) is 4.85. The van der Waals surface area contributed by atoms with Crippen molar-refractivity contribution >= 4 is 11.8 Å². The van der Waals surface area contributed by atoms with Crippen molar-refractivity contribution < 1.29 is 19.4 Å². The van der Waals surface area contributed by atoms with Gasteiger partial charge in [0.25, 0.3) is 0 Å². The molecule has 0 radical (unpaired) electrons. The largest absolute Gasteiger partial charge is 0.489 e. The van der Waals surface area contributed by atoms with E-state index in [4.69, 9.17) is 9.47 Å². The number of nitrogens with zero attached hydrogens (tertiary/aromatic N) is 2. The summed E-state index contributed by atoms with van der Waals surface area (Å²) in [5, 5.41) is 9.45. The zero-order valence-corrected chi connectivity index (χ0v) is 14.4. The van der Waals surface area contributed by atoms with Gasteiger partial charge in [0.1, 0.15) is 17.1 Å². The Labute approximate surface area is 142 Å². The molecule has 0 bridgehead atoms. The van der Waals surface area contributed by atoms with Gasteiger partial charge in [-0.05, 0) is 31.1 Å². The van der Waals surface area contributed by atoms with E-state index in [2.05, 4.69) is 23.7 Å². The molecule has 2 aliphatic rings. The van der Waals surface area contributed by atoms with Crippen molar-refractivity contribution in [2.24, 2.45) is 11.8 Å². The summed E-state index contributed by atoms with van der Waals surface area (Å²) in [5.41, 5.74) is 0.137. The van der Waals surface area contributed by atoms with Crippen molar-refractivity contribution in [1.82, 2.24) is 4.98 Å². The van der Waals surface area contributed by atoms with E-state index in [9.17, 15) is 9.90 Å². The Bertz CT molecular complexity index is 576. The number of aromatic carboxylic acids is 1. The van der Waals surface area contributed by atoms with Crippen LogP contribution in [0.5, 0.6) is 5.75 Å². The maximum absolute atomic E-state index is 11.5. The second kappa shape index (κ2) is 7.38. The number of carboxylic acid groups (broad SMARTS) is 1. The number of hydrogen-bond donors (Lipinski definition) is 1. The lowest BCUT2D eigenvalue weighted by molar-refractivity contribution is 0.0675. The van der Waals surface area contributed by atoms with Gasteiger partial charge in [0, 0.05) is 25.4 Å². The van der Waals surface area contributed by atoms with Crippen LogP contribution in [0.1, 0.15) is 43.5 Å². The molecular formula is C18H26N2O4. The summed E-state index contributed by atoms with van der Waals surface area (Å²) in [4.78, 5) is 17.9. The summed E-state index contributed by atoms with van der Waals surface area (Å²) in [6.45, 7) is 7.31. The normalized spacial score (nSPS) is 27.8. The molecule has 0 aromatic carbocycles. The van der Waals surface area contributed by atoms with Crippen molar-refractivity contribution in [3.8, 4) is 5.75 Å². The van der Waals surface area contributed by atoms with Crippen LogP contribution in [-0.4, -0.2) is 48.5 Å². The SMILES string of the molecule is CC1CC(C)CC(Oc2cc(N3CCOCC3)ncc2C(=O)O)C1. The maximum Gasteiger partial charge on any atom is 0.341 e. The minimum Gasteiger partial charge on any atom is -0.489 e. The third kappa shape index (κ3) is 3.98. The van der Waals surface area contributed by atoms with Gasteiger partial charge in [-0.15, -0.1) is 0 Å². The van der Waals surface area contributed by atoms with Gasteiger partial charge >= 0.3 is 5.97 Å². The first-order chi connectivity index (χ1) is 11.5. The van der Waals surface area contributed by atoms with Crippen molar-refractivity contribution in [2.75, 3.05) is 31.2 Å². The second-order valence-electron chi connectivity index (χ2n) is 7.10. The average Bonchev–Trinajstić information content (AvgIpc) is 2.54. The number of morpholine rings is 1. The van der Waals surface area contributed by atoms with Crippen molar-refractivity contribution in [3.63, 3.8) is 0 Å². The van der Waals surface area contributed by atoms with Crippen molar-refractivity contribution in [1.29, 1.82) is 0 Å². The summed E-state index contributed by atoms with van der Waals surface area (Å²) < 4.78 is 11.5. The maximum atomic E-state index is 11.5. The molecule has 132 valence electrons. The Balaban J connectivity index is 1.81. The molecule has 1 aliphatic heterocycles. The van der Waals surface area contributed by atoms with Gasteiger partial charge in [-0.3, -0.25) is 0 Å². The molecule has 2 atom stereocenters. The van der Waals surface area contributed by atoms with Crippen LogP contribution in [0.2, 0.25) is 0 Å². The molecule has 3 rings (SSSR count). The predicted molar refractivity (Wildman–Crippen MR) is 90.8 cm³/mol. The highest BCUT2D eigenvalue weighted by Gasteiger charge is 2.27. The number of ether oxygens (including phenoxy) is 2. The number of rotatable bonds is 4. The lowest BCUT2D eigenvalue weighted by Gasteiger charge is -2.32. The number of carbonyl (C=O) groups is 1. The van der Waals surface area contributed by atoms with E-state index in [0.717, 1.165) is 31.7 Å². The van der Waals surface area contributed by atoms with E-state index in [0.29, 0.717) is 30.8 Å². The highest BCUT2D eigenvalue weighted by Crippen LogP contribution is 2.33. The van der Waals surface area contributed by atoms with Crippen molar-refractivity contribution in [3.05, 3.63) is 17.8 Å². The van der Waals surface area contributed by atoms with Crippen LogP contribution >= 0.6 is 0 Å². The van der Waals surface area contributed by atoms with E-state index >= 15 is 0 Å². The average molecular weight is 334 g/mol. The monoisotopic (exact) mass is 334 g/mol. The minimum absolute atomic E-state index is 0.0711. The molecule has 2 fully saturated rings. The third-order valence-corrected chi connectivity index (χ3v) is 4.85. The first-order valence-electron chi connectivity index (χ1n) is 8.75. The van der Waals surface area contributed by atoms with Gasteiger partial charge in [-0.25, -0.2) is 9.78 Å². The molecule has 1 N–H and O–H groups in total. The lowest BCUT2D eigenvalue weighted by Crippen LogP contribution is -2.37. The van der Waals surface area contributed by atoms with Crippen molar-refractivity contribution in [2.45, 2.75) is 39.2 Å². The minimum atomic E-state index is -0.997. The molecule has 0 amide bonds. The van der Waals surface area contributed by atoms with Crippen LogP contribution < -0.4 is 9.64 Å². The van der Waals surface area contributed by atoms with Crippen LogP contribution in [0.25, 0.3) is 0 Å². The zero-order chi connectivity index (χ0) is 17.1. The Morgan fingerprint density at radius 2 is 1.92 bits per heavy atom. The molecule has 24 heavy (non-hydrogen) atoms. The highest BCUT2D eigenvalue weighted by atomic mass is 16.5. The van der Waals surface area contributed by atoms with Crippen LogP contribution in [0.15, 0.2) is 12.3 Å². The molecule has 6 heteroatoms. The summed E-state index contributed by atoms with van der Waals surface area (Å²) in [5.74, 6) is 1.41. The van der Waals surface area contributed by atoms with Gasteiger partial charge in [0.2, 0.25) is 0 Å². The molecule has 6 nitrogen and oxygen atoms in total. The molecule has 1 aliphatic carbocycles. The van der Waals surface area contributed by atoms with Crippen LogP contribution in [-0.2, 0) is 4.74 Å². The number of aromatic nitrogens is 1. The van der Waals surface area contributed by atoms with Gasteiger partial charge in [-0.1, -0.05) is 13.8 Å². The predicted octanol–water partition coefficient (Wildman–Crippen LogP) is 2.82. The summed E-state index contributed by atoms with van der Waals surface area (Å²) in [7, 11) is 0. The molecular weight excluding hydrogens is 308 g/mol. The van der Waals surface area contributed by atoms with Crippen LogP contribution in [0, 0.1) is 11.8 Å². The second-order valence-corrected chi connectivity index (χ2v) is 7.10. The zero-order valence-electron chi connectivity index (χ0n) is 14.4. The van der Waals surface area contributed by atoms with E-state index in [-0.39, 0.29) is 11.7 Å². The number of carboxylic acids is 1. The molecule has 1 aromatic rings. The topological polar surface area (TPSA) is 71.9 Å². The molecule has 2 unspecified atom stereocenters. The van der Waals surface area contributed by atoms with Gasteiger partial charge in [-0.2, -0.15) is 0 Å². The molecule has 2 heterocycles. The first kappa shape index (κ1) is 17.0. The van der Waals surface area contributed by atoms with E-state index < -0.39 is 5.97 Å². The van der Waals surface area contributed by atoms with Gasteiger partial charge in [0.05, 0.1) is 19.3 Å². The summed E-state index contributed by atoms with van der Waals surface area (Å²) >= 11 is 0. The smallest absolute Gasteiger partial charge is 0.341 e.